The van der Waals surface area contributed by atoms with E-state index in [1.807, 2.05) is 0 Å². The molecule has 1 fully saturated rings. The molecular formula is C31H33F3O4. The average molecular weight is 527 g/mol. The number of ether oxygens (including phenoxy) is 2. The summed E-state index contributed by atoms with van der Waals surface area (Å²) < 4.78 is 57.0. The van der Waals surface area contributed by atoms with E-state index in [9.17, 15) is 14.3 Å². The van der Waals surface area contributed by atoms with Gasteiger partial charge in [0.15, 0.2) is 11.6 Å². The molecular weight excluding hydrogens is 493 g/mol. The molecule has 0 aliphatic heterocycles. The fourth-order valence-electron chi connectivity index (χ4n) is 4.77. The van der Waals surface area contributed by atoms with Gasteiger partial charge in [0, 0.05) is 11.5 Å². The number of hydrogen-bond donors (Lipinski definition) is 1. The zero-order chi connectivity index (χ0) is 27.6. The van der Waals surface area contributed by atoms with Gasteiger partial charge >= 0.3 is 5.97 Å². The van der Waals surface area contributed by atoms with Crippen LogP contribution in [0.15, 0.2) is 54.6 Å². The van der Waals surface area contributed by atoms with Gasteiger partial charge in [0.2, 0.25) is 0 Å². The smallest absolute Gasteiger partial charge is 0.303 e. The van der Waals surface area contributed by atoms with Gasteiger partial charge in [0.1, 0.15) is 24.3 Å². The van der Waals surface area contributed by atoms with Gasteiger partial charge in [-0.05, 0) is 76.8 Å². The molecule has 0 bridgehead atoms. The molecule has 3 aromatic rings. The lowest BCUT2D eigenvalue weighted by Crippen LogP contribution is -2.15. The molecule has 7 heteroatoms. The molecule has 1 saturated carbocycles. The van der Waals surface area contributed by atoms with Crippen molar-refractivity contribution in [3.63, 3.8) is 0 Å². The van der Waals surface area contributed by atoms with Crippen LogP contribution >= 0.6 is 0 Å². The van der Waals surface area contributed by atoms with Crippen molar-refractivity contribution in [2.75, 3.05) is 7.11 Å². The second-order valence-corrected chi connectivity index (χ2v) is 11.0. The van der Waals surface area contributed by atoms with Crippen molar-refractivity contribution in [1.82, 2.24) is 0 Å². The second kappa shape index (κ2) is 11.1. The maximum atomic E-state index is 15.7. The van der Waals surface area contributed by atoms with Crippen molar-refractivity contribution in [1.29, 1.82) is 0 Å². The molecule has 0 heterocycles. The van der Waals surface area contributed by atoms with Crippen molar-refractivity contribution in [3.8, 4) is 22.6 Å². The van der Waals surface area contributed by atoms with Crippen LogP contribution in [0.5, 0.6) is 11.5 Å². The number of alkyl halides is 1. The van der Waals surface area contributed by atoms with Crippen LogP contribution in [-0.2, 0) is 11.4 Å². The first-order valence-corrected chi connectivity index (χ1v) is 12.7. The molecule has 3 aromatic carbocycles. The monoisotopic (exact) mass is 526 g/mol. The summed E-state index contributed by atoms with van der Waals surface area (Å²) in [6.45, 7) is 5.25. The van der Waals surface area contributed by atoms with Gasteiger partial charge in [-0.2, -0.15) is 0 Å². The topological polar surface area (TPSA) is 55.8 Å². The first kappa shape index (κ1) is 27.6. The molecule has 0 saturated heterocycles. The fourth-order valence-corrected chi connectivity index (χ4v) is 4.77. The Labute approximate surface area is 221 Å². The summed E-state index contributed by atoms with van der Waals surface area (Å²) in [5.74, 6) is -1.82. The number of halogens is 3. The standard InChI is InChI=1S/C31H33F3O4/c1-31(2,3)30(34)25-14-18(8-12-21(25)24-15-20(37-4)11-13-26(24)32)17-38-27-7-5-6-22(29(27)33)23(16-28(35)36)19-9-10-19/h5-8,11-15,19,23,30H,9-10,16-17H2,1-4H3,(H,35,36)/t23-,30-/m0/s1. The Bertz CT molecular complexity index is 1310. The number of rotatable bonds is 10. The third-order valence-corrected chi connectivity index (χ3v) is 6.99. The highest BCUT2D eigenvalue weighted by Gasteiger charge is 2.36. The van der Waals surface area contributed by atoms with E-state index in [0.29, 0.717) is 28.0 Å². The zero-order valence-corrected chi connectivity index (χ0v) is 22.1. The number of carbonyl (C=O) groups is 1. The molecule has 1 aliphatic rings. The molecule has 202 valence electrons. The Morgan fingerprint density at radius 1 is 1.03 bits per heavy atom. The Kier molecular flexibility index (Phi) is 8.05. The summed E-state index contributed by atoms with van der Waals surface area (Å²) in [5.41, 5.74) is 1.10. The third-order valence-electron chi connectivity index (χ3n) is 6.99. The Morgan fingerprint density at radius 2 is 1.76 bits per heavy atom. The lowest BCUT2D eigenvalue weighted by molar-refractivity contribution is -0.137. The lowest BCUT2D eigenvalue weighted by Gasteiger charge is -2.27. The number of benzene rings is 3. The first-order valence-electron chi connectivity index (χ1n) is 12.7. The largest absolute Gasteiger partial charge is 0.497 e. The van der Waals surface area contributed by atoms with E-state index in [1.165, 1.54) is 31.4 Å². The molecule has 4 rings (SSSR count). The molecule has 1 N–H and O–H groups in total. The van der Waals surface area contributed by atoms with Gasteiger partial charge in [-0.1, -0.05) is 45.0 Å². The number of carboxylic acids is 1. The van der Waals surface area contributed by atoms with E-state index in [4.69, 9.17) is 9.47 Å². The van der Waals surface area contributed by atoms with Crippen molar-refractivity contribution in [2.45, 2.75) is 58.7 Å². The van der Waals surface area contributed by atoms with E-state index < -0.39 is 35.1 Å². The van der Waals surface area contributed by atoms with E-state index in [2.05, 4.69) is 0 Å². The van der Waals surface area contributed by atoms with Crippen LogP contribution < -0.4 is 9.47 Å². The molecule has 4 nitrogen and oxygen atoms in total. The van der Waals surface area contributed by atoms with Gasteiger partial charge in [-0.25, -0.2) is 13.2 Å². The summed E-state index contributed by atoms with van der Waals surface area (Å²) in [7, 11) is 1.48. The van der Waals surface area contributed by atoms with Gasteiger partial charge in [0.05, 0.1) is 13.5 Å². The Hall–Kier alpha value is -3.48. The number of methoxy groups -OCH3 is 1. The molecule has 0 unspecified atom stereocenters. The maximum absolute atomic E-state index is 15.7. The van der Waals surface area contributed by atoms with Crippen LogP contribution in [-0.4, -0.2) is 18.2 Å². The summed E-state index contributed by atoms with van der Waals surface area (Å²) in [6.07, 6.45) is 0.202. The predicted octanol–water partition coefficient (Wildman–Crippen LogP) is 8.24. The highest BCUT2D eigenvalue weighted by molar-refractivity contribution is 5.71. The zero-order valence-electron chi connectivity index (χ0n) is 22.1. The first-order chi connectivity index (χ1) is 18.0. The van der Waals surface area contributed by atoms with Gasteiger partial charge in [-0.15, -0.1) is 0 Å². The number of hydrogen-bond acceptors (Lipinski definition) is 3. The summed E-state index contributed by atoms with van der Waals surface area (Å²) >= 11 is 0. The van der Waals surface area contributed by atoms with E-state index in [0.717, 1.165) is 12.8 Å². The Morgan fingerprint density at radius 3 is 2.39 bits per heavy atom. The predicted molar refractivity (Wildman–Crippen MR) is 140 cm³/mol. The second-order valence-electron chi connectivity index (χ2n) is 11.0. The van der Waals surface area contributed by atoms with Crippen molar-refractivity contribution in [3.05, 3.63) is 82.9 Å². The lowest BCUT2D eigenvalue weighted by atomic mass is 9.82. The number of carboxylic acid groups (broad SMARTS) is 1. The van der Waals surface area contributed by atoms with E-state index in [-0.39, 0.29) is 30.3 Å². The molecule has 1 aliphatic carbocycles. The van der Waals surface area contributed by atoms with Gasteiger partial charge in [0.25, 0.3) is 0 Å². The average Bonchev–Trinajstić information content (AvgIpc) is 3.71. The summed E-state index contributed by atoms with van der Waals surface area (Å²) in [6, 6.07) is 14.1. The molecule has 0 radical (unpaired) electrons. The van der Waals surface area contributed by atoms with E-state index in [1.54, 1.807) is 51.1 Å². The molecule has 2 atom stereocenters. The highest BCUT2D eigenvalue weighted by atomic mass is 19.1. The third kappa shape index (κ3) is 6.14. The maximum Gasteiger partial charge on any atom is 0.303 e. The van der Waals surface area contributed by atoms with Crippen molar-refractivity contribution < 1.29 is 32.5 Å². The molecule has 0 spiro atoms. The minimum absolute atomic E-state index is 0.00984. The SMILES string of the molecule is COc1ccc(F)c(-c2ccc(COc3cccc([C@@H](CC(=O)O)C4CC4)c3F)cc2[C@H](F)C(C)(C)C)c1. The minimum Gasteiger partial charge on any atom is -0.497 e. The van der Waals surface area contributed by atoms with E-state index >= 15 is 8.78 Å². The fraction of sp³-hybridized carbons (Fsp3) is 0.387. The molecule has 0 amide bonds. The quantitative estimate of drug-likeness (QED) is 0.289. The van der Waals surface area contributed by atoms with Crippen molar-refractivity contribution in [2.24, 2.45) is 11.3 Å². The molecule has 0 aromatic heterocycles. The van der Waals surface area contributed by atoms with Crippen molar-refractivity contribution >= 4 is 5.97 Å². The van der Waals surface area contributed by atoms with Crippen LogP contribution in [0.4, 0.5) is 13.2 Å². The van der Waals surface area contributed by atoms with Gasteiger partial charge in [-0.3, -0.25) is 4.79 Å². The van der Waals surface area contributed by atoms with Crippen LogP contribution in [0.2, 0.25) is 0 Å². The summed E-state index contributed by atoms with van der Waals surface area (Å²) in [5, 5.41) is 9.30. The highest BCUT2D eigenvalue weighted by Crippen LogP contribution is 2.46. The minimum atomic E-state index is -1.42. The van der Waals surface area contributed by atoms with Crippen LogP contribution in [0.25, 0.3) is 11.1 Å². The molecule has 38 heavy (non-hydrogen) atoms. The Balaban J connectivity index is 1.65. The van der Waals surface area contributed by atoms with Gasteiger partial charge < -0.3 is 14.6 Å². The normalized spacial score (nSPS) is 15.1. The summed E-state index contributed by atoms with van der Waals surface area (Å²) in [4.78, 5) is 11.4. The van der Waals surface area contributed by atoms with Crippen LogP contribution in [0.1, 0.15) is 68.8 Å². The van der Waals surface area contributed by atoms with Crippen LogP contribution in [0, 0.1) is 23.0 Å². The number of aliphatic carboxylic acids is 1. The van der Waals surface area contributed by atoms with Crippen LogP contribution in [0.3, 0.4) is 0 Å².